The van der Waals surface area contributed by atoms with E-state index in [1.54, 1.807) is 0 Å². The first-order valence-corrected chi connectivity index (χ1v) is 6.17. The van der Waals surface area contributed by atoms with Gasteiger partial charge in [0.2, 0.25) is 0 Å². The van der Waals surface area contributed by atoms with Gasteiger partial charge in [-0.05, 0) is 30.7 Å². The minimum Gasteiger partial charge on any atom is -0.344 e. The van der Waals surface area contributed by atoms with Crippen LogP contribution >= 0.6 is 11.8 Å². The molecule has 2 heterocycles. The van der Waals surface area contributed by atoms with Crippen molar-refractivity contribution in [2.45, 2.75) is 31.1 Å². The molecule has 14 heavy (non-hydrogen) atoms. The lowest BCUT2D eigenvalue weighted by Gasteiger charge is -2.22. The van der Waals surface area contributed by atoms with Gasteiger partial charge in [-0.15, -0.1) is 0 Å². The van der Waals surface area contributed by atoms with Gasteiger partial charge in [0, 0.05) is 18.0 Å². The first-order chi connectivity index (χ1) is 6.90. The number of carbonyl (C=O) groups is 1. The van der Waals surface area contributed by atoms with Crippen LogP contribution in [0.1, 0.15) is 29.8 Å². The van der Waals surface area contributed by atoms with Crippen molar-refractivity contribution in [2.75, 3.05) is 5.75 Å². The van der Waals surface area contributed by atoms with Crippen molar-refractivity contribution >= 4 is 18.0 Å². The largest absolute Gasteiger partial charge is 0.344 e. The van der Waals surface area contributed by atoms with Crippen LogP contribution in [0.15, 0.2) is 18.3 Å². The van der Waals surface area contributed by atoms with Crippen LogP contribution in [0.25, 0.3) is 0 Å². The summed E-state index contributed by atoms with van der Waals surface area (Å²) in [4.78, 5) is 10.7. The van der Waals surface area contributed by atoms with E-state index in [-0.39, 0.29) is 0 Å². The third-order valence-corrected chi connectivity index (χ3v) is 4.04. The van der Waals surface area contributed by atoms with Gasteiger partial charge in [0.1, 0.15) is 0 Å². The van der Waals surface area contributed by atoms with E-state index in [2.05, 4.69) is 4.57 Å². The zero-order chi connectivity index (χ0) is 9.80. The molecule has 1 aliphatic rings. The standard InChI is InChI=1S/C11H15NOS/c13-9-10-4-3-6-12(10)8-11-5-1-2-7-14-11/h3-4,6,9,11H,1-2,5,7-8H2. The van der Waals surface area contributed by atoms with E-state index in [0.29, 0.717) is 5.25 Å². The van der Waals surface area contributed by atoms with E-state index in [0.717, 1.165) is 18.5 Å². The van der Waals surface area contributed by atoms with E-state index in [1.807, 2.05) is 30.1 Å². The fourth-order valence-electron chi connectivity index (χ4n) is 1.87. The van der Waals surface area contributed by atoms with E-state index in [4.69, 9.17) is 0 Å². The molecule has 0 radical (unpaired) electrons. The summed E-state index contributed by atoms with van der Waals surface area (Å²) in [6, 6.07) is 3.82. The summed E-state index contributed by atoms with van der Waals surface area (Å²) in [7, 11) is 0. The molecule has 0 bridgehead atoms. The van der Waals surface area contributed by atoms with Crippen molar-refractivity contribution in [1.82, 2.24) is 4.57 Å². The third-order valence-electron chi connectivity index (χ3n) is 2.66. The summed E-state index contributed by atoms with van der Waals surface area (Å²) in [5, 5.41) is 0.704. The van der Waals surface area contributed by atoms with Gasteiger partial charge in [-0.3, -0.25) is 4.79 Å². The van der Waals surface area contributed by atoms with Gasteiger partial charge >= 0.3 is 0 Å². The molecule has 0 aliphatic carbocycles. The Balaban J connectivity index is 1.98. The highest BCUT2D eigenvalue weighted by Crippen LogP contribution is 2.26. The van der Waals surface area contributed by atoms with Gasteiger partial charge in [-0.2, -0.15) is 11.8 Å². The Morgan fingerprint density at radius 1 is 1.57 bits per heavy atom. The number of aromatic nitrogens is 1. The molecule has 0 N–H and O–H groups in total. The fraction of sp³-hybridized carbons (Fsp3) is 0.545. The maximum atomic E-state index is 10.7. The molecular weight excluding hydrogens is 194 g/mol. The monoisotopic (exact) mass is 209 g/mol. The minimum absolute atomic E-state index is 0.704. The summed E-state index contributed by atoms with van der Waals surface area (Å²) in [6.45, 7) is 0.992. The van der Waals surface area contributed by atoms with Gasteiger partial charge < -0.3 is 4.57 Å². The molecule has 1 aromatic rings. The van der Waals surface area contributed by atoms with Crippen LogP contribution < -0.4 is 0 Å². The molecule has 0 saturated carbocycles. The van der Waals surface area contributed by atoms with Gasteiger partial charge in [0.25, 0.3) is 0 Å². The molecular formula is C11H15NOS. The Morgan fingerprint density at radius 3 is 3.21 bits per heavy atom. The van der Waals surface area contributed by atoms with Crippen molar-refractivity contribution in [1.29, 1.82) is 0 Å². The van der Waals surface area contributed by atoms with E-state index in [9.17, 15) is 4.79 Å². The molecule has 1 atom stereocenters. The van der Waals surface area contributed by atoms with Crippen molar-refractivity contribution in [3.8, 4) is 0 Å². The van der Waals surface area contributed by atoms with Gasteiger partial charge in [-0.1, -0.05) is 6.42 Å². The first-order valence-electron chi connectivity index (χ1n) is 5.12. The van der Waals surface area contributed by atoms with Gasteiger partial charge in [-0.25, -0.2) is 0 Å². The molecule has 0 spiro atoms. The smallest absolute Gasteiger partial charge is 0.166 e. The lowest BCUT2D eigenvalue weighted by molar-refractivity contribution is 0.111. The van der Waals surface area contributed by atoms with Crippen LogP contribution in [0.3, 0.4) is 0 Å². The second kappa shape index (κ2) is 4.69. The number of aldehydes is 1. The number of thioether (sulfide) groups is 1. The van der Waals surface area contributed by atoms with Gasteiger partial charge in [0.05, 0.1) is 5.69 Å². The van der Waals surface area contributed by atoms with Crippen LogP contribution in [-0.4, -0.2) is 21.9 Å². The summed E-state index contributed by atoms with van der Waals surface area (Å²) >= 11 is 2.04. The summed E-state index contributed by atoms with van der Waals surface area (Å²) in [6.07, 6.45) is 6.93. The maximum absolute atomic E-state index is 10.7. The Kier molecular flexibility index (Phi) is 3.30. The average molecular weight is 209 g/mol. The van der Waals surface area contributed by atoms with Crippen LogP contribution in [0.2, 0.25) is 0 Å². The fourth-order valence-corrected chi connectivity index (χ4v) is 3.17. The van der Waals surface area contributed by atoms with Gasteiger partial charge in [0.15, 0.2) is 6.29 Å². The molecule has 0 aromatic carbocycles. The third kappa shape index (κ3) is 2.21. The summed E-state index contributed by atoms with van der Waals surface area (Å²) < 4.78 is 2.07. The van der Waals surface area contributed by atoms with Crippen LogP contribution in [0.4, 0.5) is 0 Å². The van der Waals surface area contributed by atoms with Crippen LogP contribution in [0, 0.1) is 0 Å². The zero-order valence-electron chi connectivity index (χ0n) is 8.19. The predicted molar refractivity (Wildman–Crippen MR) is 59.9 cm³/mol. The first kappa shape index (κ1) is 9.84. The molecule has 1 saturated heterocycles. The number of carbonyl (C=O) groups excluding carboxylic acids is 1. The van der Waals surface area contributed by atoms with Crippen molar-refractivity contribution in [2.24, 2.45) is 0 Å². The normalized spacial score (nSPS) is 22.1. The molecule has 1 unspecified atom stereocenters. The number of nitrogens with zero attached hydrogens (tertiary/aromatic N) is 1. The Hall–Kier alpha value is -0.700. The molecule has 3 heteroatoms. The molecule has 1 aliphatic heterocycles. The predicted octanol–water partition coefficient (Wildman–Crippen LogP) is 2.59. The number of rotatable bonds is 3. The second-order valence-corrected chi connectivity index (χ2v) is 5.10. The van der Waals surface area contributed by atoms with Crippen LogP contribution in [-0.2, 0) is 6.54 Å². The lowest BCUT2D eigenvalue weighted by atomic mass is 10.2. The Morgan fingerprint density at radius 2 is 2.50 bits per heavy atom. The SMILES string of the molecule is O=Cc1cccn1CC1CCCCS1. The summed E-state index contributed by atoms with van der Waals surface area (Å²) in [5.41, 5.74) is 0.802. The lowest BCUT2D eigenvalue weighted by Crippen LogP contribution is -2.17. The van der Waals surface area contributed by atoms with Crippen LogP contribution in [0.5, 0.6) is 0 Å². The molecule has 76 valence electrons. The van der Waals surface area contributed by atoms with Crippen molar-refractivity contribution in [3.63, 3.8) is 0 Å². The average Bonchev–Trinajstić information content (AvgIpc) is 2.67. The number of hydrogen-bond acceptors (Lipinski definition) is 2. The molecule has 2 nitrogen and oxygen atoms in total. The maximum Gasteiger partial charge on any atom is 0.166 e. The van der Waals surface area contributed by atoms with Crippen molar-refractivity contribution in [3.05, 3.63) is 24.0 Å². The topological polar surface area (TPSA) is 22.0 Å². The highest BCUT2D eigenvalue weighted by atomic mass is 32.2. The summed E-state index contributed by atoms with van der Waals surface area (Å²) in [5.74, 6) is 1.28. The van der Waals surface area contributed by atoms with E-state index >= 15 is 0 Å². The molecule has 0 amide bonds. The van der Waals surface area contributed by atoms with Crippen molar-refractivity contribution < 1.29 is 4.79 Å². The quantitative estimate of drug-likeness (QED) is 0.714. The Bertz CT molecular complexity index is 302. The zero-order valence-corrected chi connectivity index (χ0v) is 9.00. The van der Waals surface area contributed by atoms with E-state index < -0.39 is 0 Å². The second-order valence-electron chi connectivity index (χ2n) is 3.69. The minimum atomic E-state index is 0.704. The van der Waals surface area contributed by atoms with E-state index in [1.165, 1.54) is 25.0 Å². The molecule has 1 aromatic heterocycles. The number of hydrogen-bond donors (Lipinski definition) is 0. The molecule has 2 rings (SSSR count). The highest BCUT2D eigenvalue weighted by Gasteiger charge is 2.14. The Labute approximate surface area is 88.7 Å². The molecule has 1 fully saturated rings. The highest BCUT2D eigenvalue weighted by molar-refractivity contribution is 7.99.